The zero-order valence-corrected chi connectivity index (χ0v) is 6.70. The fourth-order valence-electron chi connectivity index (χ4n) is 0.885. The number of hydrogen-bond acceptors (Lipinski definition) is 1. The van der Waals surface area contributed by atoms with Crippen LogP contribution in [0.4, 0.5) is 0 Å². The highest BCUT2D eigenvalue weighted by Crippen LogP contribution is 2.04. The van der Waals surface area contributed by atoms with Crippen LogP contribution in [0, 0.1) is 0 Å². The summed E-state index contributed by atoms with van der Waals surface area (Å²) in [6.07, 6.45) is 14.0. The molecule has 1 aliphatic carbocycles. The van der Waals surface area contributed by atoms with E-state index in [4.69, 9.17) is 5.73 Å². The van der Waals surface area contributed by atoms with E-state index in [9.17, 15) is 0 Å². The highest BCUT2D eigenvalue weighted by Gasteiger charge is 1.96. The third kappa shape index (κ3) is 2.56. The van der Waals surface area contributed by atoms with E-state index in [0.717, 1.165) is 5.57 Å². The Morgan fingerprint density at radius 2 is 1.73 bits per heavy atom. The minimum Gasteiger partial charge on any atom is -0.324 e. The lowest BCUT2D eigenvalue weighted by Crippen LogP contribution is -2.16. The summed E-state index contributed by atoms with van der Waals surface area (Å²) in [5, 5.41) is 0. The van der Waals surface area contributed by atoms with Gasteiger partial charge in [-0.1, -0.05) is 42.5 Å². The summed E-state index contributed by atoms with van der Waals surface area (Å²) >= 11 is 0. The Labute approximate surface area is 67.6 Å². The molecule has 0 aliphatic heterocycles. The molecule has 0 saturated heterocycles. The van der Waals surface area contributed by atoms with Crippen molar-refractivity contribution in [2.75, 3.05) is 0 Å². The molecule has 58 valence electrons. The van der Waals surface area contributed by atoms with E-state index in [0.29, 0.717) is 0 Å². The highest BCUT2D eigenvalue weighted by atomic mass is 14.6. The lowest BCUT2D eigenvalue weighted by molar-refractivity contribution is 0.885. The second kappa shape index (κ2) is 3.94. The first kappa shape index (κ1) is 8.02. The number of rotatable bonds is 1. The van der Waals surface area contributed by atoms with Crippen LogP contribution >= 0.6 is 0 Å². The van der Waals surface area contributed by atoms with Gasteiger partial charge in [-0.05, 0) is 12.5 Å². The minimum atomic E-state index is 0.113. The van der Waals surface area contributed by atoms with E-state index in [1.165, 1.54) is 0 Å². The minimum absolute atomic E-state index is 0.113. The molecule has 0 amide bonds. The van der Waals surface area contributed by atoms with Crippen LogP contribution in [-0.2, 0) is 0 Å². The molecule has 1 atom stereocenters. The number of allylic oxidation sites excluding steroid dienone is 6. The predicted octanol–water partition coefficient (Wildman–Crippen LogP) is 1.94. The Balaban J connectivity index is 2.78. The molecule has 0 bridgehead atoms. The van der Waals surface area contributed by atoms with Gasteiger partial charge in [0.05, 0.1) is 0 Å². The Hall–Kier alpha value is -1.08. The van der Waals surface area contributed by atoms with Crippen molar-refractivity contribution in [3.05, 3.63) is 48.1 Å². The van der Waals surface area contributed by atoms with E-state index >= 15 is 0 Å². The summed E-state index contributed by atoms with van der Waals surface area (Å²) in [4.78, 5) is 0. The van der Waals surface area contributed by atoms with Crippen molar-refractivity contribution in [1.29, 1.82) is 0 Å². The number of nitrogens with two attached hydrogens (primary N) is 1. The van der Waals surface area contributed by atoms with Gasteiger partial charge in [-0.25, -0.2) is 0 Å². The Morgan fingerprint density at radius 3 is 2.45 bits per heavy atom. The number of hydrogen-bond donors (Lipinski definition) is 1. The van der Waals surface area contributed by atoms with Crippen LogP contribution in [0.3, 0.4) is 0 Å². The first-order chi connectivity index (χ1) is 5.30. The molecule has 0 heterocycles. The topological polar surface area (TPSA) is 26.0 Å². The Morgan fingerprint density at radius 1 is 1.09 bits per heavy atom. The van der Waals surface area contributed by atoms with Crippen LogP contribution in [-0.4, -0.2) is 6.04 Å². The predicted molar refractivity (Wildman–Crippen MR) is 49.2 cm³/mol. The molecule has 0 aromatic carbocycles. The van der Waals surface area contributed by atoms with Crippen molar-refractivity contribution in [3.8, 4) is 0 Å². The third-order valence-electron chi connectivity index (χ3n) is 1.55. The molecular formula is C10H13N. The Kier molecular flexibility index (Phi) is 2.87. The van der Waals surface area contributed by atoms with Gasteiger partial charge in [0.15, 0.2) is 0 Å². The van der Waals surface area contributed by atoms with Crippen LogP contribution in [0.15, 0.2) is 48.1 Å². The zero-order valence-electron chi connectivity index (χ0n) is 6.70. The monoisotopic (exact) mass is 147 g/mol. The SMILES string of the molecule is CC(N)C1=C/C=C\C=C/C=C1. The molecular weight excluding hydrogens is 134 g/mol. The van der Waals surface area contributed by atoms with Crippen molar-refractivity contribution in [2.45, 2.75) is 13.0 Å². The van der Waals surface area contributed by atoms with Gasteiger partial charge >= 0.3 is 0 Å². The molecule has 0 spiro atoms. The molecule has 11 heavy (non-hydrogen) atoms. The normalized spacial score (nSPS) is 24.7. The van der Waals surface area contributed by atoms with E-state index in [1.807, 2.05) is 49.5 Å². The fourth-order valence-corrected chi connectivity index (χ4v) is 0.885. The first-order valence-electron chi connectivity index (χ1n) is 3.78. The van der Waals surface area contributed by atoms with Gasteiger partial charge in [-0.2, -0.15) is 0 Å². The summed E-state index contributed by atoms with van der Waals surface area (Å²) in [5.74, 6) is 0. The Bertz CT molecular complexity index is 229. The quantitative estimate of drug-likeness (QED) is 0.602. The van der Waals surface area contributed by atoms with E-state index in [-0.39, 0.29) is 6.04 Å². The lowest BCUT2D eigenvalue weighted by atomic mass is 10.1. The summed E-state index contributed by atoms with van der Waals surface area (Å²) in [6, 6.07) is 0.113. The van der Waals surface area contributed by atoms with Crippen LogP contribution in [0.2, 0.25) is 0 Å². The van der Waals surface area contributed by atoms with Gasteiger partial charge in [-0.15, -0.1) is 0 Å². The maximum Gasteiger partial charge on any atom is 0.0266 e. The molecule has 0 aromatic heterocycles. The smallest absolute Gasteiger partial charge is 0.0266 e. The largest absolute Gasteiger partial charge is 0.324 e. The molecule has 2 N–H and O–H groups in total. The molecule has 0 radical (unpaired) electrons. The second-order valence-corrected chi connectivity index (χ2v) is 2.58. The highest BCUT2D eigenvalue weighted by molar-refractivity contribution is 5.33. The molecule has 1 aliphatic rings. The zero-order chi connectivity index (χ0) is 8.10. The molecule has 1 nitrogen and oxygen atoms in total. The summed E-state index contributed by atoms with van der Waals surface area (Å²) in [5.41, 5.74) is 6.87. The average molecular weight is 147 g/mol. The molecule has 0 saturated carbocycles. The van der Waals surface area contributed by atoms with Crippen molar-refractivity contribution in [2.24, 2.45) is 5.73 Å². The van der Waals surface area contributed by atoms with E-state index in [1.54, 1.807) is 0 Å². The maximum atomic E-state index is 5.71. The summed E-state index contributed by atoms with van der Waals surface area (Å²) in [6.45, 7) is 1.98. The first-order valence-corrected chi connectivity index (χ1v) is 3.78. The molecule has 0 fully saturated rings. The average Bonchev–Trinajstić information content (AvgIpc) is 1.84. The standard InChI is InChI=1S/C10H13N/c1-9(11)10-7-5-3-2-4-6-8-10/h2-9H,11H2,1H3/b3-2-,4-2?,5-3?,6-4-,7-5?,8-6?,10-7?,10-8?. The van der Waals surface area contributed by atoms with Crippen molar-refractivity contribution >= 4 is 0 Å². The van der Waals surface area contributed by atoms with Gasteiger partial charge in [0, 0.05) is 6.04 Å². The second-order valence-electron chi connectivity index (χ2n) is 2.58. The van der Waals surface area contributed by atoms with Crippen molar-refractivity contribution in [3.63, 3.8) is 0 Å². The van der Waals surface area contributed by atoms with Crippen molar-refractivity contribution in [1.82, 2.24) is 0 Å². The van der Waals surface area contributed by atoms with E-state index in [2.05, 4.69) is 0 Å². The van der Waals surface area contributed by atoms with E-state index < -0.39 is 0 Å². The van der Waals surface area contributed by atoms with Crippen LogP contribution in [0.5, 0.6) is 0 Å². The molecule has 1 heteroatoms. The fraction of sp³-hybridized carbons (Fsp3) is 0.200. The molecule has 1 rings (SSSR count). The maximum absolute atomic E-state index is 5.71. The summed E-state index contributed by atoms with van der Waals surface area (Å²) in [7, 11) is 0. The van der Waals surface area contributed by atoms with Crippen LogP contribution in [0.25, 0.3) is 0 Å². The van der Waals surface area contributed by atoms with Crippen molar-refractivity contribution < 1.29 is 0 Å². The van der Waals surface area contributed by atoms with Crippen LogP contribution in [0.1, 0.15) is 6.92 Å². The van der Waals surface area contributed by atoms with Gasteiger partial charge in [0.25, 0.3) is 0 Å². The van der Waals surface area contributed by atoms with Gasteiger partial charge in [0.1, 0.15) is 0 Å². The molecule has 0 aromatic rings. The lowest BCUT2D eigenvalue weighted by Gasteiger charge is -2.04. The van der Waals surface area contributed by atoms with Gasteiger partial charge < -0.3 is 5.73 Å². The van der Waals surface area contributed by atoms with Gasteiger partial charge in [-0.3, -0.25) is 0 Å². The molecule has 1 unspecified atom stereocenters. The van der Waals surface area contributed by atoms with Crippen LogP contribution < -0.4 is 5.73 Å². The third-order valence-corrected chi connectivity index (χ3v) is 1.55. The summed E-state index contributed by atoms with van der Waals surface area (Å²) < 4.78 is 0. The van der Waals surface area contributed by atoms with Gasteiger partial charge in [0.2, 0.25) is 0 Å².